The van der Waals surface area contributed by atoms with E-state index in [2.05, 4.69) is 26.0 Å². The first-order valence-corrected chi connectivity index (χ1v) is 9.25. The van der Waals surface area contributed by atoms with Gasteiger partial charge in [0.15, 0.2) is 0 Å². The van der Waals surface area contributed by atoms with Gasteiger partial charge in [0.25, 0.3) is 0 Å². The van der Waals surface area contributed by atoms with Crippen LogP contribution in [0.2, 0.25) is 0 Å². The van der Waals surface area contributed by atoms with Gasteiger partial charge in [-0.15, -0.1) is 11.8 Å². The summed E-state index contributed by atoms with van der Waals surface area (Å²) >= 11 is 0. The maximum Gasteiger partial charge on any atom is 4.00 e. The van der Waals surface area contributed by atoms with Gasteiger partial charge in [-0.3, -0.25) is 0 Å². The molecule has 118 valence electrons. The van der Waals surface area contributed by atoms with Crippen LogP contribution in [0.3, 0.4) is 0 Å². The molecule has 0 aliphatic heterocycles. The smallest absolute Gasteiger partial charge is 0.332 e. The third-order valence-electron chi connectivity index (χ3n) is 6.27. The Hall–Kier alpha value is -0.157. The summed E-state index contributed by atoms with van der Waals surface area (Å²) in [6.45, 7) is 8.94. The molecule has 0 nitrogen and oxygen atoms in total. The van der Waals surface area contributed by atoms with Crippen LogP contribution in [0.1, 0.15) is 64.2 Å². The van der Waals surface area contributed by atoms with Crippen LogP contribution in [0.15, 0.2) is 45.6 Å². The molecule has 0 fully saturated rings. The molecule has 0 saturated carbocycles. The standard InChI is InChI=1S/C22H28.Zr/c1-15-17(13-19-7-3-5-9-21(15)19)11-12-18-14-20-8-4-6-10-22(20)16(18)2;/h13-16H,1-12H2;/q-2;+4. The maximum absolute atomic E-state index is 4.47. The Balaban J connectivity index is 0.00000156. The van der Waals surface area contributed by atoms with Gasteiger partial charge < -0.3 is 13.8 Å². The fourth-order valence-corrected chi connectivity index (χ4v) is 4.91. The Bertz CT molecular complexity index is 545. The topological polar surface area (TPSA) is 0 Å². The Morgan fingerprint density at radius 1 is 0.696 bits per heavy atom. The molecular formula is C22H28Zr+2. The van der Waals surface area contributed by atoms with E-state index in [0.29, 0.717) is 11.8 Å². The van der Waals surface area contributed by atoms with Crippen LogP contribution < -0.4 is 0 Å². The molecule has 4 aliphatic rings. The van der Waals surface area contributed by atoms with Crippen molar-refractivity contribution in [3.63, 3.8) is 0 Å². The van der Waals surface area contributed by atoms with E-state index >= 15 is 0 Å². The van der Waals surface area contributed by atoms with Gasteiger partial charge in [0.1, 0.15) is 0 Å². The van der Waals surface area contributed by atoms with Gasteiger partial charge in [-0.25, -0.2) is 0 Å². The molecule has 0 aromatic carbocycles. The largest absolute Gasteiger partial charge is 4.00 e. The number of hydrogen-bond acceptors (Lipinski definition) is 0. The molecule has 23 heavy (non-hydrogen) atoms. The van der Waals surface area contributed by atoms with Crippen molar-refractivity contribution in [2.45, 2.75) is 64.2 Å². The van der Waals surface area contributed by atoms with Crippen molar-refractivity contribution in [2.24, 2.45) is 11.8 Å². The summed E-state index contributed by atoms with van der Waals surface area (Å²) in [6, 6.07) is 0. The summed E-state index contributed by atoms with van der Waals surface area (Å²) < 4.78 is 0. The van der Waals surface area contributed by atoms with Crippen molar-refractivity contribution >= 4 is 0 Å². The molecule has 0 heterocycles. The quantitative estimate of drug-likeness (QED) is 0.503. The van der Waals surface area contributed by atoms with Crippen LogP contribution in [0, 0.1) is 25.7 Å². The zero-order valence-corrected chi connectivity index (χ0v) is 16.8. The van der Waals surface area contributed by atoms with E-state index in [1.54, 1.807) is 33.4 Å². The van der Waals surface area contributed by atoms with Crippen molar-refractivity contribution < 1.29 is 26.2 Å². The van der Waals surface area contributed by atoms with Crippen molar-refractivity contribution in [1.82, 2.24) is 0 Å². The Morgan fingerprint density at radius 3 is 1.48 bits per heavy atom. The first-order chi connectivity index (χ1) is 10.7. The molecular weight excluding hydrogens is 355 g/mol. The molecule has 0 amide bonds. The maximum atomic E-state index is 4.47. The van der Waals surface area contributed by atoms with Gasteiger partial charge in [0.2, 0.25) is 0 Å². The van der Waals surface area contributed by atoms with E-state index in [1.807, 2.05) is 0 Å². The van der Waals surface area contributed by atoms with Crippen molar-refractivity contribution in [1.29, 1.82) is 0 Å². The van der Waals surface area contributed by atoms with E-state index in [4.69, 9.17) is 0 Å². The van der Waals surface area contributed by atoms with Crippen LogP contribution in [0.5, 0.6) is 0 Å². The summed E-state index contributed by atoms with van der Waals surface area (Å²) in [5, 5.41) is 0. The molecule has 0 N–H and O–H groups in total. The molecule has 2 atom stereocenters. The van der Waals surface area contributed by atoms with E-state index in [-0.39, 0.29) is 26.2 Å². The molecule has 0 aromatic rings. The van der Waals surface area contributed by atoms with Gasteiger partial charge in [0.05, 0.1) is 0 Å². The molecule has 2 unspecified atom stereocenters. The van der Waals surface area contributed by atoms with Gasteiger partial charge in [0, 0.05) is 0 Å². The number of rotatable bonds is 3. The predicted octanol–water partition coefficient (Wildman–Crippen LogP) is 6.29. The second-order valence-corrected chi connectivity index (χ2v) is 7.56. The van der Waals surface area contributed by atoms with E-state index in [9.17, 15) is 0 Å². The van der Waals surface area contributed by atoms with Crippen LogP contribution in [-0.2, 0) is 26.2 Å². The van der Waals surface area contributed by atoms with Gasteiger partial charge in [-0.1, -0.05) is 45.6 Å². The molecule has 0 saturated heterocycles. The minimum absolute atomic E-state index is 0. The van der Waals surface area contributed by atoms with Crippen molar-refractivity contribution in [3.05, 3.63) is 59.4 Å². The first-order valence-electron chi connectivity index (χ1n) is 9.25. The van der Waals surface area contributed by atoms with Crippen LogP contribution in [0.25, 0.3) is 0 Å². The van der Waals surface area contributed by atoms with Gasteiger partial charge in [-0.05, 0) is 64.2 Å². The molecule has 0 aromatic heterocycles. The predicted molar refractivity (Wildman–Crippen MR) is 94.1 cm³/mol. The van der Waals surface area contributed by atoms with E-state index in [0.717, 1.165) is 0 Å². The minimum Gasteiger partial charge on any atom is -0.332 e. The van der Waals surface area contributed by atoms with Crippen LogP contribution >= 0.6 is 0 Å². The summed E-state index contributed by atoms with van der Waals surface area (Å²) in [7, 11) is 0. The molecule has 0 radical (unpaired) electrons. The van der Waals surface area contributed by atoms with E-state index in [1.165, 1.54) is 64.2 Å². The fraction of sp³-hybridized carbons (Fsp3) is 0.545. The third-order valence-corrected chi connectivity index (χ3v) is 6.27. The monoisotopic (exact) mass is 382 g/mol. The Morgan fingerprint density at radius 2 is 1.09 bits per heavy atom. The fourth-order valence-electron chi connectivity index (χ4n) is 4.91. The summed E-state index contributed by atoms with van der Waals surface area (Å²) in [4.78, 5) is 0. The summed E-state index contributed by atoms with van der Waals surface area (Å²) in [6.07, 6.45) is 18.0. The van der Waals surface area contributed by atoms with Crippen LogP contribution in [-0.4, -0.2) is 0 Å². The molecule has 0 bridgehead atoms. The van der Waals surface area contributed by atoms with Gasteiger partial charge >= 0.3 is 26.2 Å². The summed E-state index contributed by atoms with van der Waals surface area (Å²) in [5.74, 6) is 0.950. The second kappa shape index (κ2) is 7.39. The van der Waals surface area contributed by atoms with Crippen LogP contribution in [0.4, 0.5) is 0 Å². The number of hydrogen-bond donors (Lipinski definition) is 0. The van der Waals surface area contributed by atoms with Crippen molar-refractivity contribution in [2.75, 3.05) is 0 Å². The number of allylic oxidation sites excluding steroid dienone is 8. The second-order valence-electron chi connectivity index (χ2n) is 7.56. The van der Waals surface area contributed by atoms with Gasteiger partial charge in [-0.2, -0.15) is 0 Å². The first kappa shape index (κ1) is 17.7. The third kappa shape index (κ3) is 3.33. The SMILES string of the molecule is [CH2-]C1C(CCC2=CC3=C(CCCC3)C2[CH2-])=CC2=C1CCCC2.[Zr+4]. The Labute approximate surface area is 161 Å². The average molecular weight is 384 g/mol. The molecule has 4 rings (SSSR count). The summed E-state index contributed by atoms with van der Waals surface area (Å²) in [5.41, 5.74) is 9.75. The normalized spacial score (nSPS) is 29.8. The van der Waals surface area contributed by atoms with E-state index < -0.39 is 0 Å². The molecule has 4 aliphatic carbocycles. The molecule has 0 spiro atoms. The zero-order chi connectivity index (χ0) is 15.1. The Kier molecular flexibility index (Phi) is 5.67. The van der Waals surface area contributed by atoms with Crippen molar-refractivity contribution in [3.8, 4) is 0 Å². The minimum atomic E-state index is 0. The molecule has 1 heteroatoms. The zero-order valence-electron chi connectivity index (χ0n) is 14.3. The average Bonchev–Trinajstić information content (AvgIpc) is 3.04.